The molecule has 0 N–H and O–H groups in total. The molecule has 27 heavy (non-hydrogen) atoms. The van der Waals surface area contributed by atoms with E-state index in [0.29, 0.717) is 38.3 Å². The first-order valence-electron chi connectivity index (χ1n) is 9.44. The summed E-state index contributed by atoms with van der Waals surface area (Å²) in [6.45, 7) is 1.72. The third kappa shape index (κ3) is 4.24. The topological polar surface area (TPSA) is 59.1 Å². The van der Waals surface area contributed by atoms with Crippen molar-refractivity contribution in [3.8, 4) is 5.75 Å². The molecule has 2 fully saturated rings. The number of benzene rings is 1. The van der Waals surface area contributed by atoms with Gasteiger partial charge >= 0.3 is 0 Å². The van der Waals surface area contributed by atoms with Crippen LogP contribution in [0.15, 0.2) is 18.2 Å². The van der Waals surface area contributed by atoms with Gasteiger partial charge in [-0.1, -0.05) is 12.8 Å². The van der Waals surface area contributed by atoms with E-state index in [9.17, 15) is 14.0 Å². The number of rotatable bonds is 5. The van der Waals surface area contributed by atoms with Crippen molar-refractivity contribution in [1.82, 2.24) is 9.80 Å². The monoisotopic (exact) mass is 378 g/mol. The molecule has 0 radical (unpaired) electrons. The van der Waals surface area contributed by atoms with Gasteiger partial charge in [0.2, 0.25) is 5.91 Å². The Kier molecular flexibility index (Phi) is 5.99. The van der Waals surface area contributed by atoms with Crippen LogP contribution in [0.25, 0.3) is 0 Å². The van der Waals surface area contributed by atoms with Crippen LogP contribution in [-0.4, -0.2) is 67.6 Å². The molecule has 1 heterocycles. The smallest absolute Gasteiger partial charge is 0.256 e. The van der Waals surface area contributed by atoms with Crippen LogP contribution in [0.5, 0.6) is 5.75 Å². The number of halogens is 1. The highest BCUT2D eigenvalue weighted by atomic mass is 19.1. The van der Waals surface area contributed by atoms with Crippen LogP contribution in [0.4, 0.5) is 4.39 Å². The molecule has 7 heteroatoms. The van der Waals surface area contributed by atoms with Crippen molar-refractivity contribution >= 4 is 11.8 Å². The fraction of sp³-hybridized carbons (Fsp3) is 0.600. The van der Waals surface area contributed by atoms with Gasteiger partial charge in [0.1, 0.15) is 11.6 Å². The van der Waals surface area contributed by atoms with Crippen LogP contribution in [0.2, 0.25) is 0 Å². The first kappa shape index (κ1) is 19.6. The summed E-state index contributed by atoms with van der Waals surface area (Å²) in [4.78, 5) is 28.6. The Morgan fingerprint density at radius 3 is 2.26 bits per heavy atom. The number of piperazine rings is 1. The van der Waals surface area contributed by atoms with Crippen molar-refractivity contribution in [2.24, 2.45) is 0 Å². The minimum Gasteiger partial charge on any atom is -0.497 e. The van der Waals surface area contributed by atoms with Crippen molar-refractivity contribution in [1.29, 1.82) is 0 Å². The highest BCUT2D eigenvalue weighted by Gasteiger charge is 2.38. The van der Waals surface area contributed by atoms with Gasteiger partial charge in [0.05, 0.1) is 24.7 Å². The number of carbonyl (C=O) groups excluding carboxylic acids is 2. The van der Waals surface area contributed by atoms with Gasteiger partial charge in [-0.15, -0.1) is 0 Å². The van der Waals surface area contributed by atoms with E-state index in [0.717, 1.165) is 25.7 Å². The zero-order chi connectivity index (χ0) is 19.4. The molecule has 0 aromatic heterocycles. The lowest BCUT2D eigenvalue weighted by Crippen LogP contribution is -2.52. The van der Waals surface area contributed by atoms with Gasteiger partial charge in [0.15, 0.2) is 0 Å². The van der Waals surface area contributed by atoms with Gasteiger partial charge in [-0.25, -0.2) is 4.39 Å². The zero-order valence-electron chi connectivity index (χ0n) is 16.0. The van der Waals surface area contributed by atoms with Gasteiger partial charge in [-0.3, -0.25) is 9.59 Å². The Morgan fingerprint density at radius 1 is 1.07 bits per heavy atom. The molecule has 6 nitrogen and oxygen atoms in total. The molecule has 1 aromatic carbocycles. The normalized spacial score (nSPS) is 19.2. The Morgan fingerprint density at radius 2 is 1.70 bits per heavy atom. The number of nitrogens with zero attached hydrogens (tertiary/aromatic N) is 2. The van der Waals surface area contributed by atoms with Crippen LogP contribution < -0.4 is 4.74 Å². The summed E-state index contributed by atoms with van der Waals surface area (Å²) >= 11 is 0. The number of hydrogen-bond acceptors (Lipinski definition) is 4. The molecule has 148 valence electrons. The van der Waals surface area contributed by atoms with Crippen molar-refractivity contribution < 1.29 is 23.5 Å². The molecule has 0 bridgehead atoms. The number of amides is 2. The summed E-state index contributed by atoms with van der Waals surface area (Å²) < 4.78 is 24.8. The van der Waals surface area contributed by atoms with Crippen molar-refractivity contribution in [3.63, 3.8) is 0 Å². The van der Waals surface area contributed by atoms with Crippen LogP contribution in [0.1, 0.15) is 42.5 Å². The van der Waals surface area contributed by atoms with Crippen molar-refractivity contribution in [3.05, 3.63) is 29.6 Å². The molecule has 0 atom stereocenters. The molecular weight excluding hydrogens is 351 g/mol. The van der Waals surface area contributed by atoms with Gasteiger partial charge < -0.3 is 19.3 Å². The van der Waals surface area contributed by atoms with Crippen LogP contribution in [-0.2, 0) is 9.53 Å². The second kappa shape index (κ2) is 8.25. The molecule has 0 unspecified atom stereocenters. The quantitative estimate of drug-likeness (QED) is 0.790. The highest BCUT2D eigenvalue weighted by Crippen LogP contribution is 2.36. The zero-order valence-corrected chi connectivity index (χ0v) is 16.0. The molecule has 0 spiro atoms. The minimum absolute atomic E-state index is 0.0277. The molecule has 1 aliphatic carbocycles. The minimum atomic E-state index is -0.596. The van der Waals surface area contributed by atoms with Crippen molar-refractivity contribution in [2.45, 2.75) is 37.7 Å². The number of methoxy groups -OCH3 is 2. The second-order valence-electron chi connectivity index (χ2n) is 7.29. The Hall–Kier alpha value is -2.15. The second-order valence-corrected chi connectivity index (χ2v) is 7.29. The van der Waals surface area contributed by atoms with E-state index >= 15 is 0 Å². The maximum atomic E-state index is 14.2. The van der Waals surface area contributed by atoms with Crippen LogP contribution in [0.3, 0.4) is 0 Å². The average molecular weight is 378 g/mol. The third-order valence-electron chi connectivity index (χ3n) is 5.75. The average Bonchev–Trinajstić information content (AvgIpc) is 3.16. The summed E-state index contributed by atoms with van der Waals surface area (Å²) in [7, 11) is 3.13. The fourth-order valence-electron chi connectivity index (χ4n) is 3.99. The van der Waals surface area contributed by atoms with Crippen molar-refractivity contribution in [2.75, 3.05) is 40.4 Å². The Balaban J connectivity index is 1.57. The van der Waals surface area contributed by atoms with E-state index in [1.807, 2.05) is 0 Å². The van der Waals surface area contributed by atoms with E-state index in [2.05, 4.69) is 0 Å². The SMILES string of the molecule is COc1ccc(C(=O)N2CCN(C(=O)CC3(OC)CCCC3)CC2)c(F)c1. The molecule has 3 rings (SSSR count). The molecule has 1 saturated carbocycles. The molecular formula is C20H27FN2O4. The van der Waals surface area contributed by atoms with E-state index < -0.39 is 5.82 Å². The molecule has 2 aliphatic rings. The molecule has 1 aromatic rings. The Bertz CT molecular complexity index is 695. The maximum Gasteiger partial charge on any atom is 0.256 e. The predicted molar refractivity (Wildman–Crippen MR) is 98.3 cm³/mol. The predicted octanol–water partition coefficient (Wildman–Crippen LogP) is 2.47. The van der Waals surface area contributed by atoms with E-state index in [1.165, 1.54) is 19.2 Å². The van der Waals surface area contributed by atoms with Gasteiger partial charge in [-0.05, 0) is 25.0 Å². The van der Waals surface area contributed by atoms with Crippen LogP contribution in [0, 0.1) is 5.82 Å². The van der Waals surface area contributed by atoms with Gasteiger partial charge in [-0.2, -0.15) is 0 Å². The maximum absolute atomic E-state index is 14.2. The lowest BCUT2D eigenvalue weighted by atomic mass is 9.96. The number of carbonyl (C=O) groups is 2. The number of ether oxygens (including phenoxy) is 2. The first-order valence-corrected chi connectivity index (χ1v) is 9.44. The van der Waals surface area contributed by atoms with Crippen LogP contribution >= 0.6 is 0 Å². The van der Waals surface area contributed by atoms with E-state index in [-0.39, 0.29) is 23.0 Å². The molecule has 1 saturated heterocycles. The summed E-state index contributed by atoms with van der Waals surface area (Å²) in [6, 6.07) is 4.22. The summed E-state index contributed by atoms with van der Waals surface area (Å²) in [5.74, 6) is -0.507. The summed E-state index contributed by atoms with van der Waals surface area (Å²) in [5, 5.41) is 0. The van der Waals surface area contributed by atoms with E-state index in [1.54, 1.807) is 23.0 Å². The lowest BCUT2D eigenvalue weighted by Gasteiger charge is -2.37. The molecule has 1 aliphatic heterocycles. The third-order valence-corrected chi connectivity index (χ3v) is 5.75. The standard InChI is InChI=1S/C20H27FN2O4/c1-26-15-5-6-16(17(21)13-15)19(25)23-11-9-22(10-12-23)18(24)14-20(27-2)7-3-4-8-20/h5-6,13H,3-4,7-12,14H2,1-2H3. The van der Waals surface area contributed by atoms with Gasteiger partial charge in [0.25, 0.3) is 5.91 Å². The van der Waals surface area contributed by atoms with E-state index in [4.69, 9.17) is 9.47 Å². The van der Waals surface area contributed by atoms with Gasteiger partial charge in [0, 0.05) is 39.4 Å². The summed E-state index contributed by atoms with van der Waals surface area (Å²) in [6.07, 6.45) is 4.42. The summed E-state index contributed by atoms with van der Waals surface area (Å²) in [5.41, 5.74) is -0.295. The molecule has 2 amide bonds. The fourth-order valence-corrected chi connectivity index (χ4v) is 3.99. The lowest BCUT2D eigenvalue weighted by molar-refractivity contribution is -0.139. The first-order chi connectivity index (χ1) is 13.0. The number of hydrogen-bond donors (Lipinski definition) is 0. The largest absolute Gasteiger partial charge is 0.497 e. The highest BCUT2D eigenvalue weighted by molar-refractivity contribution is 5.94. The Labute approximate surface area is 159 Å².